The molecule has 0 unspecified atom stereocenters. The Labute approximate surface area is 230 Å². The number of hydrazone groups is 1. The summed E-state index contributed by atoms with van der Waals surface area (Å²) < 4.78 is -1.19. The summed E-state index contributed by atoms with van der Waals surface area (Å²) in [4.78, 5) is 12.7. The number of benzene rings is 4. The number of ketones is 1. The summed E-state index contributed by atoms with van der Waals surface area (Å²) in [7, 11) is 0. The van der Waals surface area contributed by atoms with Gasteiger partial charge in [0.1, 0.15) is 0 Å². The van der Waals surface area contributed by atoms with E-state index in [-0.39, 0.29) is 5.78 Å². The lowest BCUT2D eigenvalue weighted by atomic mass is 9.79. The van der Waals surface area contributed by atoms with Gasteiger partial charge in [-0.3, -0.25) is 4.79 Å². The minimum atomic E-state index is -0.685. The van der Waals surface area contributed by atoms with Gasteiger partial charge in [0.15, 0.2) is 15.0 Å². The van der Waals surface area contributed by atoms with E-state index in [1.807, 2.05) is 41.0 Å². The molecule has 1 atom stereocenters. The molecule has 1 spiro atoms. The molecule has 0 bridgehead atoms. The molecule has 184 valence electrons. The van der Waals surface area contributed by atoms with Gasteiger partial charge >= 0.3 is 0 Å². The molecule has 4 aromatic rings. The Morgan fingerprint density at radius 2 is 1.27 bits per heavy atom. The van der Waals surface area contributed by atoms with Gasteiger partial charge in [-0.05, 0) is 65.9 Å². The normalized spacial score (nSPS) is 19.7. The molecule has 0 saturated heterocycles. The van der Waals surface area contributed by atoms with Gasteiger partial charge in [0, 0.05) is 17.5 Å². The topological polar surface area (TPSA) is 32.7 Å². The number of carbonyl (C=O) groups is 1. The van der Waals surface area contributed by atoms with Crippen LogP contribution in [0.15, 0.2) is 102 Å². The molecule has 6 rings (SSSR count). The molecule has 0 amide bonds. The van der Waals surface area contributed by atoms with Crippen LogP contribution < -0.4 is 5.01 Å². The average molecular weight is 541 g/mol. The summed E-state index contributed by atoms with van der Waals surface area (Å²) in [6.07, 6.45) is 0. The van der Waals surface area contributed by atoms with Crippen molar-refractivity contribution in [1.82, 2.24) is 0 Å². The molecular formula is C31H25ClN2OS2. The quantitative estimate of drug-likeness (QED) is 0.261. The first kappa shape index (κ1) is 24.4. The van der Waals surface area contributed by atoms with Crippen molar-refractivity contribution in [2.45, 2.75) is 29.7 Å². The van der Waals surface area contributed by atoms with Crippen LogP contribution in [0, 0.1) is 13.8 Å². The third-order valence-electron chi connectivity index (χ3n) is 7.06. The Morgan fingerprint density at radius 3 is 1.81 bits per heavy atom. The Bertz CT molecular complexity index is 1520. The summed E-state index contributed by atoms with van der Waals surface area (Å²) in [5.41, 5.74) is 8.18. The highest BCUT2D eigenvalue weighted by Gasteiger charge is 2.62. The van der Waals surface area contributed by atoms with Crippen molar-refractivity contribution in [3.63, 3.8) is 0 Å². The van der Waals surface area contributed by atoms with Crippen molar-refractivity contribution in [3.05, 3.63) is 135 Å². The van der Waals surface area contributed by atoms with Crippen molar-refractivity contribution in [1.29, 1.82) is 0 Å². The maximum atomic E-state index is 12.7. The average Bonchev–Trinajstić information content (AvgIpc) is 3.43. The van der Waals surface area contributed by atoms with Gasteiger partial charge in [-0.15, -0.1) is 0 Å². The second kappa shape index (κ2) is 9.09. The van der Waals surface area contributed by atoms with Crippen LogP contribution in [0.1, 0.15) is 40.3 Å². The molecule has 2 aliphatic rings. The fourth-order valence-corrected chi connectivity index (χ4v) is 9.26. The van der Waals surface area contributed by atoms with Crippen LogP contribution in [0.5, 0.6) is 0 Å². The summed E-state index contributed by atoms with van der Waals surface area (Å²) in [5, 5.41) is 8.10. The van der Waals surface area contributed by atoms with Gasteiger partial charge in [0.25, 0.3) is 0 Å². The Kier molecular flexibility index (Phi) is 5.98. The standard InChI is InChI=1S/C31H25ClN2OS2/c1-20-10-4-6-12-25(20)30(26-13-7-5-11-21(26)2)27-14-8-9-15-28(27)31(37-30)34(33-29(36-31)22(3)35)24-18-16-23(32)17-19-24/h4-19H,1-3H3/t31-/m0/s1. The molecule has 0 radical (unpaired) electrons. The number of rotatable bonds is 4. The van der Waals surface area contributed by atoms with Crippen LogP contribution in [0.25, 0.3) is 0 Å². The maximum Gasteiger partial charge on any atom is 0.187 e. The number of halogens is 1. The summed E-state index contributed by atoms with van der Waals surface area (Å²) in [6, 6.07) is 33.6. The van der Waals surface area contributed by atoms with Crippen LogP contribution in [0.3, 0.4) is 0 Å². The van der Waals surface area contributed by atoms with Crippen LogP contribution >= 0.6 is 35.1 Å². The summed E-state index contributed by atoms with van der Waals surface area (Å²) >= 11 is 9.64. The lowest BCUT2D eigenvalue weighted by molar-refractivity contribution is -0.110. The van der Waals surface area contributed by atoms with Crippen molar-refractivity contribution in [3.8, 4) is 0 Å². The molecule has 0 fully saturated rings. The third-order valence-corrected chi connectivity index (χ3v) is 10.7. The second-order valence-corrected chi connectivity index (χ2v) is 12.7. The fourth-order valence-electron chi connectivity index (χ4n) is 5.40. The van der Waals surface area contributed by atoms with Crippen LogP contribution in [-0.2, 0) is 13.7 Å². The predicted octanol–water partition coefficient (Wildman–Crippen LogP) is 8.26. The zero-order chi connectivity index (χ0) is 25.8. The molecule has 4 aromatic carbocycles. The van der Waals surface area contributed by atoms with E-state index in [9.17, 15) is 4.79 Å². The number of hydrogen-bond acceptors (Lipinski definition) is 5. The Hall–Kier alpha value is -2.99. The zero-order valence-corrected chi connectivity index (χ0v) is 23.1. The molecule has 0 aromatic heterocycles. The van der Waals surface area contributed by atoms with Gasteiger partial charge in [0.2, 0.25) is 0 Å². The minimum Gasteiger partial charge on any atom is -0.292 e. The first-order chi connectivity index (χ1) is 17.9. The molecule has 3 nitrogen and oxygen atoms in total. The molecule has 6 heteroatoms. The van der Waals surface area contributed by atoms with Crippen molar-refractivity contribution in [2.24, 2.45) is 5.10 Å². The minimum absolute atomic E-state index is 0.0387. The number of anilines is 1. The van der Waals surface area contributed by atoms with E-state index in [1.165, 1.54) is 39.6 Å². The lowest BCUT2D eigenvalue weighted by Crippen LogP contribution is -2.34. The molecule has 0 saturated carbocycles. The van der Waals surface area contributed by atoms with E-state index in [4.69, 9.17) is 16.7 Å². The van der Waals surface area contributed by atoms with Crippen LogP contribution in [-0.4, -0.2) is 10.8 Å². The SMILES string of the molecule is CC(=O)C1=NN(c2ccc(Cl)cc2)[C@@]2(S1)SC(c1ccccc1C)(c1ccccc1C)c1ccccc12. The van der Waals surface area contributed by atoms with E-state index in [2.05, 4.69) is 86.6 Å². The predicted molar refractivity (Wildman–Crippen MR) is 158 cm³/mol. The smallest absolute Gasteiger partial charge is 0.187 e. The molecule has 2 heterocycles. The highest BCUT2D eigenvalue weighted by molar-refractivity contribution is 8.27. The summed E-state index contributed by atoms with van der Waals surface area (Å²) in [6.45, 7) is 5.95. The number of Topliss-reactive ketones (excluding diaryl/α,β-unsaturated/α-hetero) is 1. The number of nitrogens with zero attached hydrogens (tertiary/aromatic N) is 2. The second-order valence-electron chi connectivity index (χ2n) is 9.39. The molecule has 0 N–H and O–H groups in total. The molecule has 0 aliphatic carbocycles. The zero-order valence-electron chi connectivity index (χ0n) is 20.7. The van der Waals surface area contributed by atoms with Gasteiger partial charge in [-0.2, -0.15) is 5.10 Å². The molecular weight excluding hydrogens is 516 g/mol. The molecule has 2 aliphatic heterocycles. The number of thioether (sulfide) groups is 2. The largest absolute Gasteiger partial charge is 0.292 e. The first-order valence-electron chi connectivity index (χ1n) is 12.1. The van der Waals surface area contributed by atoms with Gasteiger partial charge in [-0.1, -0.05) is 108 Å². The number of hydrogen-bond donors (Lipinski definition) is 0. The van der Waals surface area contributed by atoms with Gasteiger partial charge < -0.3 is 0 Å². The van der Waals surface area contributed by atoms with Crippen molar-refractivity contribution >= 4 is 51.6 Å². The van der Waals surface area contributed by atoms with Crippen molar-refractivity contribution < 1.29 is 4.79 Å². The Balaban J connectivity index is 1.68. The van der Waals surface area contributed by atoms with E-state index < -0.39 is 8.95 Å². The van der Waals surface area contributed by atoms with E-state index in [0.29, 0.717) is 10.1 Å². The van der Waals surface area contributed by atoms with Gasteiger partial charge in [-0.25, -0.2) is 5.01 Å². The number of carbonyl (C=O) groups excluding carboxylic acids is 1. The number of aryl methyl sites for hydroxylation is 2. The van der Waals surface area contributed by atoms with Crippen LogP contribution in [0.4, 0.5) is 5.69 Å². The third kappa shape index (κ3) is 3.67. The van der Waals surface area contributed by atoms with E-state index in [0.717, 1.165) is 11.3 Å². The number of fused-ring (bicyclic) bond motifs is 2. The highest BCUT2D eigenvalue weighted by Crippen LogP contribution is 2.71. The summed E-state index contributed by atoms with van der Waals surface area (Å²) in [5.74, 6) is -0.0387. The fraction of sp³-hybridized carbons (Fsp3) is 0.161. The first-order valence-corrected chi connectivity index (χ1v) is 14.1. The van der Waals surface area contributed by atoms with Gasteiger partial charge in [0.05, 0.1) is 10.4 Å². The maximum absolute atomic E-state index is 12.7. The van der Waals surface area contributed by atoms with Crippen LogP contribution in [0.2, 0.25) is 5.02 Å². The Morgan fingerprint density at radius 1 is 0.757 bits per heavy atom. The van der Waals surface area contributed by atoms with E-state index in [1.54, 1.807) is 6.92 Å². The van der Waals surface area contributed by atoms with E-state index >= 15 is 0 Å². The van der Waals surface area contributed by atoms with Crippen molar-refractivity contribution in [2.75, 3.05) is 5.01 Å². The lowest BCUT2D eigenvalue weighted by Gasteiger charge is -2.38. The monoisotopic (exact) mass is 540 g/mol. The molecule has 37 heavy (non-hydrogen) atoms. The highest BCUT2D eigenvalue weighted by atomic mass is 35.5.